The first-order chi connectivity index (χ1) is 15.1. The highest BCUT2D eigenvalue weighted by Crippen LogP contribution is 2.25. The number of likely N-dealkylation sites (tertiary alicyclic amines) is 2. The molecule has 1 N–H and O–H groups in total. The average Bonchev–Trinajstić information content (AvgIpc) is 2.73. The van der Waals surface area contributed by atoms with Crippen LogP contribution in [0.15, 0.2) is 65.1 Å². The van der Waals surface area contributed by atoms with E-state index in [0.717, 1.165) is 64.4 Å². The van der Waals surface area contributed by atoms with E-state index in [1.54, 1.807) is 0 Å². The quantitative estimate of drug-likeness (QED) is 0.549. The van der Waals surface area contributed by atoms with Crippen molar-refractivity contribution in [1.82, 2.24) is 15.1 Å². The number of amides is 1. The number of benzene rings is 3. The molecular formula is C25H24BrN3O2. The Morgan fingerprint density at radius 1 is 1.00 bits per heavy atom. The van der Waals surface area contributed by atoms with Gasteiger partial charge in [-0.25, -0.2) is 0 Å². The SMILES string of the molecule is O=Cc1ccccc1CNC1CN(C2CN(C(=O)c3ccc4cc(Br)ccc4c3)C2)C1. The van der Waals surface area contributed by atoms with Crippen LogP contribution in [0.4, 0.5) is 0 Å². The predicted octanol–water partition coefficient (Wildman–Crippen LogP) is 3.71. The second-order valence-corrected chi connectivity index (χ2v) is 9.33. The molecule has 5 rings (SSSR count). The van der Waals surface area contributed by atoms with E-state index in [1.165, 1.54) is 0 Å². The van der Waals surface area contributed by atoms with Crippen molar-refractivity contribution in [3.63, 3.8) is 0 Å². The molecule has 2 aliphatic heterocycles. The highest BCUT2D eigenvalue weighted by molar-refractivity contribution is 9.10. The zero-order valence-electron chi connectivity index (χ0n) is 17.1. The first-order valence-electron chi connectivity index (χ1n) is 10.6. The zero-order valence-corrected chi connectivity index (χ0v) is 18.7. The summed E-state index contributed by atoms with van der Waals surface area (Å²) in [7, 11) is 0. The van der Waals surface area contributed by atoms with Crippen LogP contribution in [-0.2, 0) is 6.54 Å². The van der Waals surface area contributed by atoms with Crippen LogP contribution in [0.5, 0.6) is 0 Å². The number of carbonyl (C=O) groups is 2. The smallest absolute Gasteiger partial charge is 0.253 e. The molecule has 0 spiro atoms. The van der Waals surface area contributed by atoms with Crippen LogP contribution in [0.3, 0.4) is 0 Å². The lowest BCUT2D eigenvalue weighted by Gasteiger charge is -2.52. The molecule has 0 unspecified atom stereocenters. The maximum Gasteiger partial charge on any atom is 0.253 e. The largest absolute Gasteiger partial charge is 0.335 e. The minimum atomic E-state index is 0.113. The molecule has 3 aromatic rings. The topological polar surface area (TPSA) is 52.7 Å². The van der Waals surface area contributed by atoms with Crippen LogP contribution < -0.4 is 5.32 Å². The Balaban J connectivity index is 1.10. The van der Waals surface area contributed by atoms with Crippen molar-refractivity contribution in [2.45, 2.75) is 18.6 Å². The van der Waals surface area contributed by atoms with Crippen molar-refractivity contribution >= 4 is 38.9 Å². The molecule has 3 aromatic carbocycles. The van der Waals surface area contributed by atoms with Crippen LogP contribution >= 0.6 is 15.9 Å². The summed E-state index contributed by atoms with van der Waals surface area (Å²) in [5, 5.41) is 5.75. The molecule has 0 aromatic heterocycles. The van der Waals surface area contributed by atoms with Gasteiger partial charge >= 0.3 is 0 Å². The molecule has 0 radical (unpaired) electrons. The highest BCUT2D eigenvalue weighted by atomic mass is 79.9. The van der Waals surface area contributed by atoms with Crippen molar-refractivity contribution in [3.05, 3.63) is 81.8 Å². The molecule has 158 valence electrons. The van der Waals surface area contributed by atoms with Gasteiger partial charge in [0.2, 0.25) is 0 Å². The molecule has 5 nitrogen and oxygen atoms in total. The van der Waals surface area contributed by atoms with Crippen molar-refractivity contribution in [2.24, 2.45) is 0 Å². The van der Waals surface area contributed by atoms with Gasteiger partial charge in [-0.2, -0.15) is 0 Å². The van der Waals surface area contributed by atoms with E-state index in [1.807, 2.05) is 59.5 Å². The Kier molecular flexibility index (Phi) is 5.61. The predicted molar refractivity (Wildman–Crippen MR) is 125 cm³/mol. The van der Waals surface area contributed by atoms with E-state index in [9.17, 15) is 9.59 Å². The Hall–Kier alpha value is -2.54. The Morgan fingerprint density at radius 2 is 1.74 bits per heavy atom. The van der Waals surface area contributed by atoms with E-state index < -0.39 is 0 Å². The molecule has 31 heavy (non-hydrogen) atoms. The fourth-order valence-electron chi connectivity index (χ4n) is 4.39. The van der Waals surface area contributed by atoms with Gasteiger partial charge in [0.15, 0.2) is 0 Å². The second kappa shape index (κ2) is 8.54. The molecule has 6 heteroatoms. The number of aldehydes is 1. The van der Waals surface area contributed by atoms with Gasteiger partial charge in [-0.1, -0.05) is 52.3 Å². The summed E-state index contributed by atoms with van der Waals surface area (Å²) in [5.41, 5.74) is 2.55. The zero-order chi connectivity index (χ0) is 21.4. The molecular weight excluding hydrogens is 454 g/mol. The van der Waals surface area contributed by atoms with Gasteiger partial charge < -0.3 is 10.2 Å². The van der Waals surface area contributed by atoms with Crippen molar-refractivity contribution in [3.8, 4) is 0 Å². The molecule has 0 atom stereocenters. The fraction of sp³-hybridized carbons (Fsp3) is 0.280. The van der Waals surface area contributed by atoms with Crippen molar-refractivity contribution in [2.75, 3.05) is 26.2 Å². The number of carbonyl (C=O) groups excluding carboxylic acids is 2. The van der Waals surface area contributed by atoms with Crippen molar-refractivity contribution < 1.29 is 9.59 Å². The summed E-state index contributed by atoms with van der Waals surface area (Å²) in [6.07, 6.45) is 0.915. The minimum Gasteiger partial charge on any atom is -0.335 e. The summed E-state index contributed by atoms with van der Waals surface area (Å²) in [6, 6.07) is 20.6. The van der Waals surface area contributed by atoms with Gasteiger partial charge in [-0.3, -0.25) is 14.5 Å². The number of hydrogen-bond acceptors (Lipinski definition) is 4. The van der Waals surface area contributed by atoms with E-state index in [2.05, 4.69) is 32.2 Å². The van der Waals surface area contributed by atoms with Gasteiger partial charge in [0.25, 0.3) is 5.91 Å². The van der Waals surface area contributed by atoms with Crippen LogP contribution in [0.1, 0.15) is 26.3 Å². The van der Waals surface area contributed by atoms with Crippen LogP contribution in [0, 0.1) is 0 Å². The normalized spacial score (nSPS) is 17.4. The fourth-order valence-corrected chi connectivity index (χ4v) is 4.77. The lowest BCUT2D eigenvalue weighted by atomic mass is 9.98. The standard InChI is InChI=1S/C25H24BrN3O2/c26-22-8-7-17-9-19(6-5-18(17)10-22)25(31)29-14-24(15-29)28-12-23(13-28)27-11-20-3-1-2-4-21(20)16-30/h1-10,16,23-24,27H,11-15H2. The molecule has 2 saturated heterocycles. The molecule has 2 aliphatic rings. The lowest BCUT2D eigenvalue weighted by molar-refractivity contribution is -0.0107. The summed E-state index contributed by atoms with van der Waals surface area (Å²) in [6.45, 7) is 4.26. The van der Waals surface area contributed by atoms with Gasteiger partial charge in [0.05, 0.1) is 0 Å². The third kappa shape index (κ3) is 4.15. The number of fused-ring (bicyclic) bond motifs is 1. The maximum atomic E-state index is 12.9. The lowest BCUT2D eigenvalue weighted by Crippen LogP contribution is -2.69. The van der Waals surface area contributed by atoms with E-state index in [-0.39, 0.29) is 5.91 Å². The summed E-state index contributed by atoms with van der Waals surface area (Å²) in [4.78, 5) is 28.4. The summed E-state index contributed by atoms with van der Waals surface area (Å²) < 4.78 is 1.04. The first-order valence-corrected chi connectivity index (χ1v) is 11.4. The van der Waals surface area contributed by atoms with E-state index >= 15 is 0 Å². The molecule has 0 bridgehead atoms. The van der Waals surface area contributed by atoms with Gasteiger partial charge in [-0.15, -0.1) is 0 Å². The molecule has 2 heterocycles. The minimum absolute atomic E-state index is 0.113. The van der Waals surface area contributed by atoms with Crippen LogP contribution in [0.2, 0.25) is 0 Å². The number of hydrogen-bond donors (Lipinski definition) is 1. The van der Waals surface area contributed by atoms with Crippen LogP contribution in [-0.4, -0.2) is 60.3 Å². The summed E-state index contributed by atoms with van der Waals surface area (Å²) in [5.74, 6) is 0.113. The monoisotopic (exact) mass is 477 g/mol. The summed E-state index contributed by atoms with van der Waals surface area (Å²) >= 11 is 3.49. The molecule has 0 aliphatic carbocycles. The number of nitrogens with zero attached hydrogens (tertiary/aromatic N) is 2. The van der Waals surface area contributed by atoms with Gasteiger partial charge in [0.1, 0.15) is 6.29 Å². The Bertz CT molecular complexity index is 1140. The van der Waals surface area contributed by atoms with E-state index in [0.29, 0.717) is 18.6 Å². The number of halogens is 1. The van der Waals surface area contributed by atoms with Crippen LogP contribution in [0.25, 0.3) is 10.8 Å². The maximum absolute atomic E-state index is 12.9. The molecule has 0 saturated carbocycles. The Morgan fingerprint density at radius 3 is 2.55 bits per heavy atom. The van der Waals surface area contributed by atoms with Gasteiger partial charge in [-0.05, 0) is 40.6 Å². The van der Waals surface area contributed by atoms with Crippen molar-refractivity contribution in [1.29, 1.82) is 0 Å². The molecule has 2 fully saturated rings. The molecule has 1 amide bonds. The average molecular weight is 478 g/mol. The third-order valence-electron chi connectivity index (χ3n) is 6.39. The Labute approximate surface area is 190 Å². The third-order valence-corrected chi connectivity index (χ3v) is 6.88. The highest BCUT2D eigenvalue weighted by Gasteiger charge is 2.40. The number of rotatable bonds is 6. The number of nitrogens with one attached hydrogen (secondary N) is 1. The van der Waals surface area contributed by atoms with Gasteiger partial charge in [0, 0.05) is 60.4 Å². The first kappa shape index (κ1) is 20.4. The van der Waals surface area contributed by atoms with E-state index in [4.69, 9.17) is 0 Å². The second-order valence-electron chi connectivity index (χ2n) is 8.42.